The molecule has 0 amide bonds. The molecule has 0 unspecified atom stereocenters. The van der Waals surface area contributed by atoms with E-state index in [9.17, 15) is 5.26 Å². The summed E-state index contributed by atoms with van der Waals surface area (Å²) in [5.74, 6) is 0.0990. The Kier molecular flexibility index (Phi) is 4.40. The first-order chi connectivity index (χ1) is 10.6. The average Bonchev–Trinajstić information content (AvgIpc) is 2.52. The highest BCUT2D eigenvalue weighted by Gasteiger charge is 2.13. The summed E-state index contributed by atoms with van der Waals surface area (Å²) in [6, 6.07) is 11.6. The van der Waals surface area contributed by atoms with Gasteiger partial charge in [0.2, 0.25) is 5.95 Å². The van der Waals surface area contributed by atoms with E-state index in [1.807, 2.05) is 42.3 Å². The Morgan fingerprint density at radius 3 is 2.41 bits per heavy atom. The van der Waals surface area contributed by atoms with Crippen molar-refractivity contribution in [3.05, 3.63) is 29.8 Å². The quantitative estimate of drug-likeness (QED) is 0.874. The number of nitrogen functional groups attached to an aromatic ring is 2. The molecule has 0 aliphatic heterocycles. The summed E-state index contributed by atoms with van der Waals surface area (Å²) in [7, 11) is 1.91. The maximum Gasteiger partial charge on any atom is 0.222 e. The zero-order valence-corrected chi connectivity index (χ0v) is 12.1. The van der Waals surface area contributed by atoms with E-state index >= 15 is 0 Å². The van der Waals surface area contributed by atoms with Crippen molar-refractivity contribution in [1.29, 1.82) is 10.5 Å². The van der Waals surface area contributed by atoms with Gasteiger partial charge in [-0.1, -0.05) is 12.1 Å². The molecule has 1 heterocycles. The molecule has 7 heteroatoms. The topological polar surface area (TPSA) is 129 Å². The molecule has 0 saturated heterocycles. The normalized spacial score (nSPS) is 9.77. The number of rotatable bonds is 4. The monoisotopic (exact) mass is 293 g/mol. The summed E-state index contributed by atoms with van der Waals surface area (Å²) < 4.78 is 0. The van der Waals surface area contributed by atoms with E-state index in [0.717, 1.165) is 11.3 Å². The van der Waals surface area contributed by atoms with Gasteiger partial charge in [-0.2, -0.15) is 15.5 Å². The van der Waals surface area contributed by atoms with Gasteiger partial charge in [0.05, 0.1) is 18.2 Å². The Hall–Kier alpha value is -3.32. The first-order valence-corrected chi connectivity index (χ1v) is 6.58. The van der Waals surface area contributed by atoms with Gasteiger partial charge < -0.3 is 16.4 Å². The van der Waals surface area contributed by atoms with Crippen LogP contribution in [0.15, 0.2) is 24.3 Å². The van der Waals surface area contributed by atoms with Crippen molar-refractivity contribution < 1.29 is 0 Å². The molecule has 0 radical (unpaired) electrons. The molecule has 2 rings (SSSR count). The molecule has 0 saturated carbocycles. The summed E-state index contributed by atoms with van der Waals surface area (Å²) in [5, 5.41) is 17.8. The van der Waals surface area contributed by atoms with E-state index < -0.39 is 0 Å². The molecule has 2 aromatic rings. The summed E-state index contributed by atoms with van der Waals surface area (Å²) in [5.41, 5.74) is 13.6. The lowest BCUT2D eigenvalue weighted by Crippen LogP contribution is -2.17. The lowest BCUT2D eigenvalue weighted by Gasteiger charge is -2.18. The smallest absolute Gasteiger partial charge is 0.222 e. The highest BCUT2D eigenvalue weighted by Crippen LogP contribution is 2.27. The Bertz CT molecular complexity index is 753. The minimum absolute atomic E-state index is 0.0294. The molecule has 0 spiro atoms. The Labute approximate surface area is 128 Å². The summed E-state index contributed by atoms with van der Waals surface area (Å²) >= 11 is 0. The van der Waals surface area contributed by atoms with Crippen LogP contribution < -0.4 is 16.4 Å². The highest BCUT2D eigenvalue weighted by atomic mass is 15.1. The van der Waals surface area contributed by atoms with Crippen LogP contribution in [0, 0.1) is 22.7 Å². The maximum atomic E-state index is 9.20. The minimum Gasteiger partial charge on any atom is -0.382 e. The van der Waals surface area contributed by atoms with Gasteiger partial charge in [0.25, 0.3) is 0 Å². The van der Waals surface area contributed by atoms with Crippen LogP contribution >= 0.6 is 0 Å². The molecular weight excluding hydrogens is 278 g/mol. The SMILES string of the molecule is CN(CCC#N)c1ccc(-c2nc(N)nc(N)c2C#N)cc1. The van der Waals surface area contributed by atoms with Crippen molar-refractivity contribution in [3.63, 3.8) is 0 Å². The fourth-order valence-corrected chi connectivity index (χ4v) is 2.04. The van der Waals surface area contributed by atoms with Gasteiger partial charge in [-0.25, -0.2) is 4.98 Å². The predicted octanol–water partition coefficient (Wildman–Crippen LogP) is 1.53. The van der Waals surface area contributed by atoms with Gasteiger partial charge in [-0.05, 0) is 12.1 Å². The minimum atomic E-state index is 0.0294. The van der Waals surface area contributed by atoms with Crippen LogP contribution in [0.4, 0.5) is 17.5 Å². The summed E-state index contributed by atoms with van der Waals surface area (Å²) in [6.07, 6.45) is 0.454. The Morgan fingerprint density at radius 1 is 1.14 bits per heavy atom. The number of anilines is 3. The van der Waals surface area contributed by atoms with Crippen molar-refractivity contribution in [2.75, 3.05) is 30.0 Å². The number of hydrogen-bond acceptors (Lipinski definition) is 7. The van der Waals surface area contributed by atoms with Crippen LogP contribution in [0.2, 0.25) is 0 Å². The van der Waals surface area contributed by atoms with Crippen molar-refractivity contribution in [1.82, 2.24) is 9.97 Å². The molecular formula is C15H15N7. The van der Waals surface area contributed by atoms with Gasteiger partial charge >= 0.3 is 0 Å². The number of nitrogens with zero attached hydrogens (tertiary/aromatic N) is 5. The molecule has 7 nitrogen and oxygen atoms in total. The van der Waals surface area contributed by atoms with Crippen LogP contribution in [0.5, 0.6) is 0 Å². The molecule has 0 fully saturated rings. The van der Waals surface area contributed by atoms with Crippen LogP contribution in [-0.2, 0) is 0 Å². The van der Waals surface area contributed by atoms with Gasteiger partial charge in [0.15, 0.2) is 0 Å². The first-order valence-electron chi connectivity index (χ1n) is 6.58. The van der Waals surface area contributed by atoms with Crippen molar-refractivity contribution in [3.8, 4) is 23.4 Å². The molecule has 0 bridgehead atoms. The van der Waals surface area contributed by atoms with Crippen LogP contribution in [0.1, 0.15) is 12.0 Å². The Morgan fingerprint density at radius 2 is 1.82 bits per heavy atom. The summed E-state index contributed by atoms with van der Waals surface area (Å²) in [6.45, 7) is 0.646. The standard InChI is InChI=1S/C15H15N7/c1-22(8-2-7-16)11-5-3-10(4-6-11)13-12(9-17)14(18)21-15(19)20-13/h3-6H,2,8H2,1H3,(H4,18,19,20,21). The number of nitriles is 2. The summed E-state index contributed by atoms with van der Waals surface area (Å²) in [4.78, 5) is 9.87. The van der Waals surface area contributed by atoms with Crippen LogP contribution in [-0.4, -0.2) is 23.6 Å². The van der Waals surface area contributed by atoms with E-state index in [4.69, 9.17) is 16.7 Å². The van der Waals surface area contributed by atoms with Crippen molar-refractivity contribution in [2.24, 2.45) is 0 Å². The van der Waals surface area contributed by atoms with Crippen molar-refractivity contribution in [2.45, 2.75) is 6.42 Å². The highest BCUT2D eigenvalue weighted by molar-refractivity contribution is 5.74. The first kappa shape index (κ1) is 15.1. The second-order valence-corrected chi connectivity index (χ2v) is 4.68. The fourth-order valence-electron chi connectivity index (χ4n) is 2.04. The van der Waals surface area contributed by atoms with Gasteiger partial charge in [0.1, 0.15) is 17.5 Å². The second-order valence-electron chi connectivity index (χ2n) is 4.68. The van der Waals surface area contributed by atoms with E-state index in [-0.39, 0.29) is 17.3 Å². The third kappa shape index (κ3) is 3.05. The van der Waals surface area contributed by atoms with Gasteiger partial charge in [0, 0.05) is 24.8 Å². The molecule has 1 aromatic carbocycles. The predicted molar refractivity (Wildman–Crippen MR) is 84.5 cm³/mol. The van der Waals surface area contributed by atoms with E-state index in [2.05, 4.69) is 16.0 Å². The van der Waals surface area contributed by atoms with E-state index in [1.54, 1.807) is 0 Å². The number of nitrogens with two attached hydrogens (primary N) is 2. The fraction of sp³-hybridized carbons (Fsp3) is 0.200. The zero-order chi connectivity index (χ0) is 16.1. The van der Waals surface area contributed by atoms with E-state index in [0.29, 0.717) is 18.7 Å². The average molecular weight is 293 g/mol. The molecule has 22 heavy (non-hydrogen) atoms. The van der Waals surface area contributed by atoms with Gasteiger partial charge in [-0.3, -0.25) is 0 Å². The molecule has 0 atom stereocenters. The lowest BCUT2D eigenvalue weighted by atomic mass is 10.1. The molecule has 4 N–H and O–H groups in total. The molecule has 0 aliphatic rings. The lowest BCUT2D eigenvalue weighted by molar-refractivity contribution is 0.905. The Balaban J connectivity index is 2.36. The zero-order valence-electron chi connectivity index (χ0n) is 12.1. The molecule has 1 aromatic heterocycles. The molecule has 0 aliphatic carbocycles. The second kappa shape index (κ2) is 6.42. The number of aromatic nitrogens is 2. The van der Waals surface area contributed by atoms with Crippen LogP contribution in [0.25, 0.3) is 11.3 Å². The molecule has 110 valence electrons. The van der Waals surface area contributed by atoms with Crippen LogP contribution in [0.3, 0.4) is 0 Å². The van der Waals surface area contributed by atoms with Gasteiger partial charge in [-0.15, -0.1) is 0 Å². The third-order valence-corrected chi connectivity index (χ3v) is 3.21. The number of benzene rings is 1. The maximum absolute atomic E-state index is 9.20. The van der Waals surface area contributed by atoms with E-state index in [1.165, 1.54) is 0 Å². The number of hydrogen-bond donors (Lipinski definition) is 2. The van der Waals surface area contributed by atoms with Crippen molar-refractivity contribution >= 4 is 17.5 Å². The third-order valence-electron chi connectivity index (χ3n) is 3.21. The largest absolute Gasteiger partial charge is 0.382 e.